The van der Waals surface area contributed by atoms with Crippen molar-refractivity contribution in [2.75, 3.05) is 13.2 Å². The highest BCUT2D eigenvalue weighted by atomic mass is 35.5. The predicted octanol–water partition coefficient (Wildman–Crippen LogP) is 1.39. The molecule has 1 heterocycles. The summed E-state index contributed by atoms with van der Waals surface area (Å²) in [6, 6.07) is 0. The molecule has 0 aliphatic heterocycles. The molecule has 1 aromatic rings. The maximum atomic E-state index is 5.49. The molecule has 1 aromatic heterocycles. The van der Waals surface area contributed by atoms with Crippen molar-refractivity contribution in [3.63, 3.8) is 0 Å². The molecule has 0 aliphatic rings. The molecule has 12 heavy (non-hydrogen) atoms. The van der Waals surface area contributed by atoms with Crippen molar-refractivity contribution in [1.29, 1.82) is 0 Å². The average molecular weight is 191 g/mol. The van der Waals surface area contributed by atoms with Gasteiger partial charge in [0, 0.05) is 6.61 Å². The van der Waals surface area contributed by atoms with Crippen LogP contribution in [0.3, 0.4) is 0 Å². The smallest absolute Gasteiger partial charge is 0.229 e. The van der Waals surface area contributed by atoms with Crippen molar-refractivity contribution in [3.8, 4) is 0 Å². The number of hydrogen-bond donors (Lipinski definition) is 0. The molecule has 1 rings (SSSR count). The summed E-state index contributed by atoms with van der Waals surface area (Å²) < 4.78 is 10.00. The molecule has 0 spiro atoms. The van der Waals surface area contributed by atoms with Crippen molar-refractivity contribution < 1.29 is 9.26 Å². The second kappa shape index (κ2) is 5.11. The van der Waals surface area contributed by atoms with Gasteiger partial charge in [0.25, 0.3) is 0 Å². The van der Waals surface area contributed by atoms with Crippen LogP contribution < -0.4 is 0 Å². The van der Waals surface area contributed by atoms with E-state index in [1.165, 1.54) is 0 Å². The molecule has 68 valence electrons. The van der Waals surface area contributed by atoms with Crippen LogP contribution in [0, 0.1) is 0 Å². The van der Waals surface area contributed by atoms with Crippen LogP contribution in [0.2, 0.25) is 0 Å². The fourth-order valence-corrected chi connectivity index (χ4v) is 0.858. The molecular weight excluding hydrogens is 180 g/mol. The van der Waals surface area contributed by atoms with Gasteiger partial charge >= 0.3 is 0 Å². The van der Waals surface area contributed by atoms with Gasteiger partial charge in [0.05, 0.1) is 18.9 Å². The van der Waals surface area contributed by atoms with Crippen LogP contribution in [-0.4, -0.2) is 23.4 Å². The van der Waals surface area contributed by atoms with Crippen LogP contribution in [0.15, 0.2) is 4.52 Å². The molecule has 0 saturated heterocycles. The Morgan fingerprint density at radius 3 is 3.00 bits per heavy atom. The zero-order chi connectivity index (χ0) is 8.81. The van der Waals surface area contributed by atoms with E-state index in [1.54, 1.807) is 0 Å². The monoisotopic (exact) mass is 190 g/mol. The molecule has 0 unspecified atom stereocenters. The number of ether oxygens (including phenoxy) is 1. The van der Waals surface area contributed by atoms with Crippen LogP contribution >= 0.6 is 11.6 Å². The Kier molecular flexibility index (Phi) is 4.04. The largest absolute Gasteiger partial charge is 0.381 e. The molecule has 4 nitrogen and oxygen atoms in total. The normalized spacial score (nSPS) is 10.5. The number of aromatic nitrogens is 2. The first-order chi connectivity index (χ1) is 5.86. The van der Waals surface area contributed by atoms with Crippen LogP contribution in [0.25, 0.3) is 0 Å². The van der Waals surface area contributed by atoms with E-state index in [2.05, 4.69) is 10.1 Å². The maximum Gasteiger partial charge on any atom is 0.229 e. The molecule has 0 aliphatic carbocycles. The predicted molar refractivity (Wildman–Crippen MR) is 44.1 cm³/mol. The summed E-state index contributed by atoms with van der Waals surface area (Å²) in [7, 11) is 0. The Bertz CT molecular complexity index is 227. The van der Waals surface area contributed by atoms with E-state index in [9.17, 15) is 0 Å². The van der Waals surface area contributed by atoms with E-state index in [1.807, 2.05) is 6.92 Å². The third-order valence-electron chi connectivity index (χ3n) is 1.29. The summed E-state index contributed by atoms with van der Waals surface area (Å²) >= 11 is 5.49. The molecule has 0 bridgehead atoms. The van der Waals surface area contributed by atoms with E-state index in [0.717, 1.165) is 0 Å². The first-order valence-electron chi connectivity index (χ1n) is 3.82. The lowest BCUT2D eigenvalue weighted by molar-refractivity contribution is 0.144. The van der Waals surface area contributed by atoms with E-state index < -0.39 is 0 Å². The molecular formula is C7H11ClN2O2. The summed E-state index contributed by atoms with van der Waals surface area (Å²) in [5.41, 5.74) is 0. The minimum atomic E-state index is 0.290. The van der Waals surface area contributed by atoms with Crippen molar-refractivity contribution >= 4 is 11.6 Å². The zero-order valence-electron chi connectivity index (χ0n) is 6.92. The molecule has 0 atom stereocenters. The number of hydrogen-bond acceptors (Lipinski definition) is 4. The van der Waals surface area contributed by atoms with Gasteiger partial charge in [-0.05, 0) is 6.92 Å². The minimum Gasteiger partial charge on any atom is -0.381 e. The highest BCUT2D eigenvalue weighted by Crippen LogP contribution is 2.00. The third kappa shape index (κ3) is 2.79. The summed E-state index contributed by atoms with van der Waals surface area (Å²) in [6.45, 7) is 3.26. The van der Waals surface area contributed by atoms with Gasteiger partial charge in [-0.2, -0.15) is 4.98 Å². The van der Waals surface area contributed by atoms with E-state index in [-0.39, 0.29) is 5.88 Å². The zero-order valence-corrected chi connectivity index (χ0v) is 7.67. The van der Waals surface area contributed by atoms with E-state index in [0.29, 0.717) is 31.3 Å². The number of alkyl halides is 1. The molecule has 0 fully saturated rings. The van der Waals surface area contributed by atoms with Gasteiger partial charge in [-0.25, -0.2) is 0 Å². The van der Waals surface area contributed by atoms with Crippen LogP contribution in [0.5, 0.6) is 0 Å². The highest BCUT2D eigenvalue weighted by Gasteiger charge is 2.03. The van der Waals surface area contributed by atoms with Gasteiger partial charge in [0.15, 0.2) is 5.82 Å². The van der Waals surface area contributed by atoms with Gasteiger partial charge in [-0.3, -0.25) is 0 Å². The van der Waals surface area contributed by atoms with Gasteiger partial charge in [-0.1, -0.05) is 5.16 Å². The third-order valence-corrected chi connectivity index (χ3v) is 1.53. The number of nitrogens with zero attached hydrogens (tertiary/aromatic N) is 2. The van der Waals surface area contributed by atoms with Gasteiger partial charge in [-0.15, -0.1) is 11.6 Å². The Hall–Kier alpha value is -0.610. The maximum absolute atomic E-state index is 5.49. The lowest BCUT2D eigenvalue weighted by atomic mass is 10.4. The summed E-state index contributed by atoms with van der Waals surface area (Å²) in [5.74, 6) is 1.40. The van der Waals surface area contributed by atoms with E-state index >= 15 is 0 Å². The van der Waals surface area contributed by atoms with Gasteiger partial charge < -0.3 is 9.26 Å². The van der Waals surface area contributed by atoms with Crippen LogP contribution in [0.4, 0.5) is 0 Å². The molecule has 0 N–H and O–H groups in total. The topological polar surface area (TPSA) is 48.2 Å². The van der Waals surface area contributed by atoms with Crippen molar-refractivity contribution in [2.24, 2.45) is 0 Å². The molecule has 0 amide bonds. The fourth-order valence-electron chi connectivity index (χ4n) is 0.750. The summed E-state index contributed by atoms with van der Waals surface area (Å²) in [4.78, 5) is 4.01. The Labute approximate surface area is 75.9 Å². The lowest BCUT2D eigenvalue weighted by Crippen LogP contribution is -1.97. The summed E-state index contributed by atoms with van der Waals surface area (Å²) in [6.07, 6.45) is 0.651. The first kappa shape index (κ1) is 9.48. The van der Waals surface area contributed by atoms with Gasteiger partial charge in [0.2, 0.25) is 5.89 Å². The molecule has 5 heteroatoms. The molecule has 0 radical (unpaired) electrons. The highest BCUT2D eigenvalue weighted by molar-refractivity contribution is 6.16. The van der Waals surface area contributed by atoms with Crippen molar-refractivity contribution in [3.05, 3.63) is 11.7 Å². The minimum absolute atomic E-state index is 0.290. The Morgan fingerprint density at radius 1 is 1.58 bits per heavy atom. The lowest BCUT2D eigenvalue weighted by Gasteiger charge is -1.94. The quantitative estimate of drug-likeness (QED) is 0.520. The molecule has 0 aromatic carbocycles. The Morgan fingerprint density at radius 2 is 2.42 bits per heavy atom. The molecule has 0 saturated carbocycles. The van der Waals surface area contributed by atoms with Crippen LogP contribution in [-0.2, 0) is 17.0 Å². The summed E-state index contributed by atoms with van der Waals surface area (Å²) in [5, 5.41) is 3.64. The number of rotatable bonds is 5. The Balaban J connectivity index is 2.31. The van der Waals surface area contributed by atoms with Crippen molar-refractivity contribution in [1.82, 2.24) is 10.1 Å². The average Bonchev–Trinajstić information content (AvgIpc) is 2.53. The number of halogens is 1. The van der Waals surface area contributed by atoms with Crippen LogP contribution in [0.1, 0.15) is 18.6 Å². The second-order valence-electron chi connectivity index (χ2n) is 2.18. The van der Waals surface area contributed by atoms with E-state index in [4.69, 9.17) is 20.9 Å². The second-order valence-corrected chi connectivity index (χ2v) is 2.45. The first-order valence-corrected chi connectivity index (χ1v) is 4.35. The standard InChI is InChI=1S/C7H11ClN2O2/c1-2-11-4-3-7-9-6(5-8)10-12-7/h2-5H2,1H3. The fraction of sp³-hybridized carbons (Fsp3) is 0.714. The SMILES string of the molecule is CCOCCc1nc(CCl)no1. The van der Waals surface area contributed by atoms with Crippen molar-refractivity contribution in [2.45, 2.75) is 19.2 Å². The van der Waals surface area contributed by atoms with Gasteiger partial charge in [0.1, 0.15) is 0 Å².